The predicted octanol–water partition coefficient (Wildman–Crippen LogP) is 2.26. The maximum atomic E-state index is 12.4. The maximum Gasteiger partial charge on any atom is 0.230 e. The molecule has 3 rings (SSSR count). The van der Waals surface area contributed by atoms with Gasteiger partial charge in [-0.1, -0.05) is 30.3 Å². The second kappa shape index (κ2) is 5.33. The molecule has 1 N–H and O–H groups in total. The highest BCUT2D eigenvalue weighted by Crippen LogP contribution is 2.48. The van der Waals surface area contributed by atoms with E-state index in [2.05, 4.69) is 17.4 Å². The molecule has 102 valence electrons. The fraction of sp³-hybridized carbons (Fsp3) is 0.562. The Labute approximate surface area is 114 Å². The molecule has 2 aliphatic rings. The van der Waals surface area contributed by atoms with Crippen LogP contribution in [0.1, 0.15) is 31.2 Å². The van der Waals surface area contributed by atoms with Gasteiger partial charge in [-0.2, -0.15) is 0 Å². The van der Waals surface area contributed by atoms with Gasteiger partial charge in [-0.3, -0.25) is 4.79 Å². The molecule has 1 aromatic rings. The Balaban J connectivity index is 1.58. The van der Waals surface area contributed by atoms with Gasteiger partial charge in [0, 0.05) is 13.2 Å². The zero-order valence-electron chi connectivity index (χ0n) is 11.2. The molecule has 1 heterocycles. The first-order valence-corrected chi connectivity index (χ1v) is 7.23. The largest absolute Gasteiger partial charge is 0.381 e. The summed E-state index contributed by atoms with van der Waals surface area (Å²) in [4.78, 5) is 12.4. The van der Waals surface area contributed by atoms with E-state index in [0.29, 0.717) is 5.92 Å². The molecule has 1 aliphatic carbocycles. The highest BCUT2D eigenvalue weighted by molar-refractivity contribution is 5.91. The van der Waals surface area contributed by atoms with Gasteiger partial charge in [0.15, 0.2) is 0 Å². The first-order chi connectivity index (χ1) is 9.31. The highest BCUT2D eigenvalue weighted by atomic mass is 16.5. The molecule has 19 heavy (non-hydrogen) atoms. The van der Waals surface area contributed by atoms with Crippen molar-refractivity contribution >= 4 is 5.91 Å². The summed E-state index contributed by atoms with van der Waals surface area (Å²) in [5.41, 5.74) is 0.920. The van der Waals surface area contributed by atoms with E-state index in [9.17, 15) is 4.79 Å². The molecule has 0 aromatic heterocycles. The lowest BCUT2D eigenvalue weighted by Gasteiger charge is -2.23. The smallest absolute Gasteiger partial charge is 0.230 e. The molecule has 0 radical (unpaired) electrons. The predicted molar refractivity (Wildman–Crippen MR) is 73.9 cm³/mol. The maximum absolute atomic E-state index is 12.4. The Bertz CT molecular complexity index is 433. The number of ether oxygens (including phenoxy) is 1. The number of carbonyl (C=O) groups excluding carboxylic acids is 1. The third kappa shape index (κ3) is 2.66. The van der Waals surface area contributed by atoms with Crippen molar-refractivity contribution in [2.75, 3.05) is 19.8 Å². The zero-order valence-corrected chi connectivity index (χ0v) is 11.2. The van der Waals surface area contributed by atoms with Gasteiger partial charge in [0.05, 0.1) is 12.0 Å². The summed E-state index contributed by atoms with van der Waals surface area (Å²) in [6, 6.07) is 10.2. The van der Waals surface area contributed by atoms with Gasteiger partial charge in [-0.05, 0) is 37.2 Å². The number of benzene rings is 1. The molecule has 1 amide bonds. The molecule has 0 bridgehead atoms. The summed E-state index contributed by atoms with van der Waals surface area (Å²) in [6.07, 6.45) is 4.23. The first kappa shape index (κ1) is 12.7. The lowest BCUT2D eigenvalue weighted by molar-refractivity contribution is -0.124. The van der Waals surface area contributed by atoms with E-state index < -0.39 is 0 Å². The van der Waals surface area contributed by atoms with E-state index in [1.54, 1.807) is 0 Å². The molecule has 3 nitrogen and oxygen atoms in total. The summed E-state index contributed by atoms with van der Waals surface area (Å²) >= 11 is 0. The van der Waals surface area contributed by atoms with Crippen molar-refractivity contribution in [3.8, 4) is 0 Å². The van der Waals surface area contributed by atoms with Crippen LogP contribution in [0.2, 0.25) is 0 Å². The highest BCUT2D eigenvalue weighted by Gasteiger charge is 2.51. The van der Waals surface area contributed by atoms with Crippen LogP contribution in [0, 0.1) is 5.92 Å². The third-order valence-corrected chi connectivity index (χ3v) is 4.32. The second-order valence-electron chi connectivity index (χ2n) is 5.74. The summed E-state index contributed by atoms with van der Waals surface area (Å²) in [7, 11) is 0. The SMILES string of the molecule is O=C(NC[C@H]1CCCOC1)C1(c2ccccc2)CC1. The number of hydrogen-bond donors (Lipinski definition) is 1. The van der Waals surface area contributed by atoms with E-state index in [1.165, 1.54) is 6.42 Å². The van der Waals surface area contributed by atoms with Crippen molar-refractivity contribution in [1.29, 1.82) is 0 Å². The van der Waals surface area contributed by atoms with Crippen molar-refractivity contribution in [3.05, 3.63) is 35.9 Å². The quantitative estimate of drug-likeness (QED) is 0.900. The topological polar surface area (TPSA) is 38.3 Å². The Morgan fingerprint density at radius 3 is 2.74 bits per heavy atom. The van der Waals surface area contributed by atoms with E-state index >= 15 is 0 Å². The fourth-order valence-corrected chi connectivity index (χ4v) is 2.90. The van der Waals surface area contributed by atoms with E-state index in [4.69, 9.17) is 4.74 Å². The summed E-state index contributed by atoms with van der Waals surface area (Å²) < 4.78 is 5.45. The first-order valence-electron chi connectivity index (χ1n) is 7.23. The Morgan fingerprint density at radius 1 is 1.32 bits per heavy atom. The molecule has 2 fully saturated rings. The van der Waals surface area contributed by atoms with Crippen molar-refractivity contribution < 1.29 is 9.53 Å². The van der Waals surface area contributed by atoms with Crippen LogP contribution >= 0.6 is 0 Å². The molecule has 0 spiro atoms. The zero-order chi connectivity index (χ0) is 13.1. The molecular formula is C16H21NO2. The number of hydrogen-bond acceptors (Lipinski definition) is 2. The Kier molecular flexibility index (Phi) is 3.56. The number of nitrogens with one attached hydrogen (secondary N) is 1. The van der Waals surface area contributed by atoms with Crippen LogP contribution < -0.4 is 5.32 Å². The molecule has 0 unspecified atom stereocenters. The van der Waals surface area contributed by atoms with Crippen LogP contribution in [0.15, 0.2) is 30.3 Å². The van der Waals surface area contributed by atoms with E-state index in [-0.39, 0.29) is 11.3 Å². The molecule has 1 saturated carbocycles. The van der Waals surface area contributed by atoms with Gasteiger partial charge in [0.1, 0.15) is 0 Å². The van der Waals surface area contributed by atoms with Crippen LogP contribution in [0.4, 0.5) is 0 Å². The van der Waals surface area contributed by atoms with Crippen molar-refractivity contribution in [3.63, 3.8) is 0 Å². The van der Waals surface area contributed by atoms with Crippen molar-refractivity contribution in [1.82, 2.24) is 5.32 Å². The minimum Gasteiger partial charge on any atom is -0.381 e. The number of carbonyl (C=O) groups is 1. The average Bonchev–Trinajstić information content (AvgIpc) is 3.28. The molecule has 1 aromatic carbocycles. The van der Waals surface area contributed by atoms with Crippen molar-refractivity contribution in [2.45, 2.75) is 31.1 Å². The van der Waals surface area contributed by atoms with Gasteiger partial charge in [0.2, 0.25) is 5.91 Å². The molecule has 3 heteroatoms. The van der Waals surface area contributed by atoms with Gasteiger partial charge in [-0.15, -0.1) is 0 Å². The van der Waals surface area contributed by atoms with Crippen LogP contribution in [0.25, 0.3) is 0 Å². The lowest BCUT2D eigenvalue weighted by Crippen LogP contribution is -2.39. The van der Waals surface area contributed by atoms with Crippen molar-refractivity contribution in [2.24, 2.45) is 5.92 Å². The monoisotopic (exact) mass is 259 g/mol. The Hall–Kier alpha value is -1.35. The minimum atomic E-state index is -0.239. The molecule has 1 saturated heterocycles. The van der Waals surface area contributed by atoms with Crippen LogP contribution in [0.5, 0.6) is 0 Å². The van der Waals surface area contributed by atoms with E-state index in [0.717, 1.165) is 44.6 Å². The van der Waals surface area contributed by atoms with Crippen LogP contribution in [-0.4, -0.2) is 25.7 Å². The lowest BCUT2D eigenvalue weighted by atomic mass is 9.94. The van der Waals surface area contributed by atoms with Gasteiger partial charge < -0.3 is 10.1 Å². The van der Waals surface area contributed by atoms with Crippen LogP contribution in [-0.2, 0) is 14.9 Å². The average molecular weight is 259 g/mol. The molecule has 1 aliphatic heterocycles. The second-order valence-corrected chi connectivity index (χ2v) is 5.74. The third-order valence-electron chi connectivity index (χ3n) is 4.32. The molecule has 1 atom stereocenters. The van der Waals surface area contributed by atoms with Gasteiger partial charge in [0.25, 0.3) is 0 Å². The van der Waals surface area contributed by atoms with Crippen LogP contribution in [0.3, 0.4) is 0 Å². The van der Waals surface area contributed by atoms with E-state index in [1.807, 2.05) is 18.2 Å². The van der Waals surface area contributed by atoms with Gasteiger partial charge >= 0.3 is 0 Å². The Morgan fingerprint density at radius 2 is 2.11 bits per heavy atom. The number of amides is 1. The minimum absolute atomic E-state index is 0.198. The summed E-state index contributed by atoms with van der Waals surface area (Å²) in [6.45, 7) is 2.42. The summed E-state index contributed by atoms with van der Waals surface area (Å²) in [5.74, 6) is 0.688. The normalized spacial score (nSPS) is 24.7. The standard InChI is InChI=1S/C16H21NO2/c18-15(17-11-13-5-4-10-19-12-13)16(8-9-16)14-6-2-1-3-7-14/h1-3,6-7,13H,4-5,8-12H2,(H,17,18)/t13-/m1/s1. The molecular weight excluding hydrogens is 238 g/mol. The number of rotatable bonds is 4. The van der Waals surface area contributed by atoms with Gasteiger partial charge in [-0.25, -0.2) is 0 Å². The fourth-order valence-electron chi connectivity index (χ4n) is 2.90. The summed E-state index contributed by atoms with van der Waals surface area (Å²) in [5, 5.41) is 3.13.